The molecule has 0 radical (unpaired) electrons. The summed E-state index contributed by atoms with van der Waals surface area (Å²) >= 11 is 0. The Labute approximate surface area is 168 Å². The zero-order valence-electron chi connectivity index (χ0n) is 17.3. The lowest BCUT2D eigenvalue weighted by atomic mass is 10.0. The van der Waals surface area contributed by atoms with Crippen LogP contribution in [0.15, 0.2) is 18.2 Å². The van der Waals surface area contributed by atoms with E-state index in [1.165, 1.54) is 5.56 Å². The number of aliphatic carboxylic acids is 1. The average Bonchev–Trinajstić information content (AvgIpc) is 2.69. The van der Waals surface area contributed by atoms with Crippen molar-refractivity contribution in [1.82, 2.24) is 0 Å². The molecule has 28 heavy (non-hydrogen) atoms. The summed E-state index contributed by atoms with van der Waals surface area (Å²) in [4.78, 5) is 10.8. The molecule has 0 saturated carbocycles. The molecule has 0 aromatic heterocycles. The fourth-order valence-corrected chi connectivity index (χ4v) is 2.83. The second-order valence-electron chi connectivity index (χ2n) is 7.09. The third kappa shape index (κ3) is 10.5. The van der Waals surface area contributed by atoms with E-state index in [2.05, 4.69) is 6.07 Å². The van der Waals surface area contributed by atoms with Gasteiger partial charge < -0.3 is 24.4 Å². The van der Waals surface area contributed by atoms with Crippen molar-refractivity contribution in [2.75, 3.05) is 33.5 Å². The molecule has 160 valence electrons. The van der Waals surface area contributed by atoms with Crippen LogP contribution in [0.4, 0.5) is 0 Å². The monoisotopic (exact) mass is 396 g/mol. The number of ether oxygens (including phenoxy) is 3. The minimum Gasteiger partial charge on any atom is -0.490 e. The van der Waals surface area contributed by atoms with Crippen LogP contribution in [0, 0.1) is 5.92 Å². The van der Waals surface area contributed by atoms with Crippen LogP contribution in [0.25, 0.3) is 0 Å². The number of aliphatic hydroxyl groups excluding tert-OH is 1. The summed E-state index contributed by atoms with van der Waals surface area (Å²) in [5.74, 6) is 0.481. The van der Waals surface area contributed by atoms with E-state index in [0.717, 1.165) is 50.7 Å². The fraction of sp³-hybridized carbons (Fsp3) is 0.682. The Hall–Kier alpha value is -1.79. The van der Waals surface area contributed by atoms with E-state index in [9.17, 15) is 4.79 Å². The lowest BCUT2D eigenvalue weighted by Crippen LogP contribution is -2.08. The van der Waals surface area contributed by atoms with Crippen molar-refractivity contribution in [2.24, 2.45) is 5.92 Å². The van der Waals surface area contributed by atoms with Crippen LogP contribution in [0.5, 0.6) is 11.5 Å². The first kappa shape index (κ1) is 24.2. The second kappa shape index (κ2) is 15.2. The topological polar surface area (TPSA) is 85.2 Å². The van der Waals surface area contributed by atoms with Gasteiger partial charge in [-0.15, -0.1) is 0 Å². The van der Waals surface area contributed by atoms with Gasteiger partial charge in [0.1, 0.15) is 0 Å². The third-order valence-electron chi connectivity index (χ3n) is 4.59. The van der Waals surface area contributed by atoms with Gasteiger partial charge in [-0.05, 0) is 37.0 Å². The highest BCUT2D eigenvalue weighted by molar-refractivity contribution is 5.69. The van der Waals surface area contributed by atoms with Crippen molar-refractivity contribution in [2.45, 2.75) is 58.3 Å². The highest BCUT2D eigenvalue weighted by Gasteiger charge is 2.10. The number of aryl methyl sites for hydroxylation is 1. The summed E-state index contributed by atoms with van der Waals surface area (Å²) in [6, 6.07) is 6.03. The van der Waals surface area contributed by atoms with E-state index in [-0.39, 0.29) is 12.5 Å². The van der Waals surface area contributed by atoms with Gasteiger partial charge in [-0.3, -0.25) is 4.79 Å². The minimum atomic E-state index is -0.709. The van der Waals surface area contributed by atoms with E-state index in [1.807, 2.05) is 12.1 Å². The maximum atomic E-state index is 10.8. The van der Waals surface area contributed by atoms with Crippen LogP contribution < -0.4 is 9.47 Å². The number of hydrogen-bond donors (Lipinski definition) is 2. The van der Waals surface area contributed by atoms with Gasteiger partial charge in [0.2, 0.25) is 0 Å². The smallest absolute Gasteiger partial charge is 0.306 e. The van der Waals surface area contributed by atoms with Crippen LogP contribution in [0.2, 0.25) is 0 Å². The Bertz CT molecular complexity index is 546. The van der Waals surface area contributed by atoms with E-state index in [0.29, 0.717) is 32.0 Å². The molecule has 0 spiro atoms. The van der Waals surface area contributed by atoms with Crippen molar-refractivity contribution in [3.63, 3.8) is 0 Å². The van der Waals surface area contributed by atoms with Gasteiger partial charge in [-0.2, -0.15) is 0 Å². The SMILES string of the molecule is COCCCOc1cc(CCCCCC[C@@H](C)C(=O)O)ccc1OCCCO. The van der Waals surface area contributed by atoms with E-state index < -0.39 is 5.97 Å². The Balaban J connectivity index is 2.45. The lowest BCUT2D eigenvalue weighted by molar-refractivity contribution is -0.141. The maximum absolute atomic E-state index is 10.8. The predicted octanol–water partition coefficient (Wildman–Crippen LogP) is 4.08. The Morgan fingerprint density at radius 3 is 2.39 bits per heavy atom. The number of benzene rings is 1. The maximum Gasteiger partial charge on any atom is 0.306 e. The molecule has 1 aromatic rings. The van der Waals surface area contributed by atoms with Gasteiger partial charge in [0, 0.05) is 33.2 Å². The lowest BCUT2D eigenvalue weighted by Gasteiger charge is -2.14. The van der Waals surface area contributed by atoms with Crippen LogP contribution >= 0.6 is 0 Å². The number of rotatable bonds is 17. The van der Waals surface area contributed by atoms with Gasteiger partial charge in [-0.25, -0.2) is 0 Å². The summed E-state index contributed by atoms with van der Waals surface area (Å²) in [7, 11) is 1.67. The number of hydrogen-bond acceptors (Lipinski definition) is 5. The zero-order valence-corrected chi connectivity index (χ0v) is 17.3. The highest BCUT2D eigenvalue weighted by Crippen LogP contribution is 2.29. The average molecular weight is 397 g/mol. The number of unbranched alkanes of at least 4 members (excludes halogenated alkanes) is 3. The first-order valence-corrected chi connectivity index (χ1v) is 10.3. The van der Waals surface area contributed by atoms with Gasteiger partial charge in [0.25, 0.3) is 0 Å². The summed E-state index contributed by atoms with van der Waals surface area (Å²) in [5.41, 5.74) is 1.20. The standard InChI is InChI=1S/C22H36O6/c1-18(22(24)25)9-5-3-4-6-10-19-11-12-20(27-15-7-13-23)21(17-19)28-16-8-14-26-2/h11-12,17-18,23H,3-10,13-16H2,1-2H3,(H,24,25)/t18-/m1/s1. The molecule has 0 heterocycles. The molecule has 0 amide bonds. The molecule has 6 heteroatoms. The number of aliphatic hydroxyl groups is 1. The minimum absolute atomic E-state index is 0.105. The van der Waals surface area contributed by atoms with E-state index >= 15 is 0 Å². The molecule has 0 unspecified atom stereocenters. The van der Waals surface area contributed by atoms with Gasteiger partial charge >= 0.3 is 5.97 Å². The number of methoxy groups -OCH3 is 1. The van der Waals surface area contributed by atoms with Crippen molar-refractivity contribution < 1.29 is 29.2 Å². The summed E-state index contributed by atoms with van der Waals surface area (Å²) in [6.07, 6.45) is 7.27. The van der Waals surface area contributed by atoms with Gasteiger partial charge in [0.05, 0.1) is 19.1 Å². The van der Waals surface area contributed by atoms with Crippen LogP contribution in [0.1, 0.15) is 57.4 Å². The van der Waals surface area contributed by atoms with Gasteiger partial charge in [0.15, 0.2) is 11.5 Å². The van der Waals surface area contributed by atoms with Crippen LogP contribution in [-0.4, -0.2) is 49.7 Å². The van der Waals surface area contributed by atoms with Gasteiger partial charge in [-0.1, -0.05) is 32.3 Å². The third-order valence-corrected chi connectivity index (χ3v) is 4.59. The Morgan fingerprint density at radius 2 is 1.68 bits per heavy atom. The van der Waals surface area contributed by atoms with E-state index in [4.69, 9.17) is 24.4 Å². The first-order chi connectivity index (χ1) is 13.6. The molecular formula is C22H36O6. The van der Waals surface area contributed by atoms with Crippen molar-refractivity contribution >= 4 is 5.97 Å². The normalized spacial score (nSPS) is 12.0. The quantitative estimate of drug-likeness (QED) is 0.386. The zero-order chi connectivity index (χ0) is 20.6. The molecule has 0 aliphatic heterocycles. The Morgan fingerprint density at radius 1 is 0.964 bits per heavy atom. The van der Waals surface area contributed by atoms with Crippen molar-refractivity contribution in [3.05, 3.63) is 23.8 Å². The molecule has 2 N–H and O–H groups in total. The second-order valence-corrected chi connectivity index (χ2v) is 7.09. The fourth-order valence-electron chi connectivity index (χ4n) is 2.83. The van der Waals surface area contributed by atoms with Crippen LogP contribution in [-0.2, 0) is 16.0 Å². The molecular weight excluding hydrogens is 360 g/mol. The molecule has 1 aromatic carbocycles. The molecule has 1 atom stereocenters. The van der Waals surface area contributed by atoms with Crippen molar-refractivity contribution in [3.8, 4) is 11.5 Å². The molecule has 6 nitrogen and oxygen atoms in total. The summed E-state index contributed by atoms with van der Waals surface area (Å²) in [5, 5.41) is 17.8. The van der Waals surface area contributed by atoms with Crippen molar-refractivity contribution in [1.29, 1.82) is 0 Å². The number of carboxylic acid groups (broad SMARTS) is 1. The summed E-state index contributed by atoms with van der Waals surface area (Å²) < 4.78 is 16.7. The van der Waals surface area contributed by atoms with E-state index in [1.54, 1.807) is 14.0 Å². The molecule has 0 aliphatic rings. The largest absolute Gasteiger partial charge is 0.490 e. The number of carboxylic acids is 1. The molecule has 0 fully saturated rings. The highest BCUT2D eigenvalue weighted by atomic mass is 16.5. The molecule has 0 bridgehead atoms. The molecule has 0 aliphatic carbocycles. The first-order valence-electron chi connectivity index (χ1n) is 10.3. The predicted molar refractivity (Wildman–Crippen MR) is 109 cm³/mol. The summed E-state index contributed by atoms with van der Waals surface area (Å²) in [6.45, 7) is 3.55. The Kier molecular flexibility index (Phi) is 13.1. The number of carbonyl (C=O) groups is 1. The molecule has 0 saturated heterocycles. The van der Waals surface area contributed by atoms with Crippen LogP contribution in [0.3, 0.4) is 0 Å². The molecule has 1 rings (SSSR count).